The largest absolute Gasteiger partial charge is 0.405 e. The molecule has 0 saturated heterocycles. The monoisotopic (exact) mass is 342 g/mol. The van der Waals surface area contributed by atoms with Crippen LogP contribution in [0, 0.1) is 0 Å². The standard InChI is InChI=1S/C13H15BrN2O4/c1-16-10-4-2-7(20-13(17,18)19)6-9(10)8-3-5-11(14)15-12(8)16/h3,5,7,17-19H,2,4,6H2,1H3. The van der Waals surface area contributed by atoms with E-state index in [1.165, 1.54) is 5.69 Å². The molecule has 0 bridgehead atoms. The number of rotatable bonds is 2. The molecule has 108 valence electrons. The Morgan fingerprint density at radius 1 is 1.40 bits per heavy atom. The van der Waals surface area contributed by atoms with E-state index in [0.29, 0.717) is 12.8 Å². The summed E-state index contributed by atoms with van der Waals surface area (Å²) in [6, 6.07) is 3.86. The number of aromatic nitrogens is 2. The molecule has 1 unspecified atom stereocenters. The van der Waals surface area contributed by atoms with Crippen LogP contribution in [0.4, 0.5) is 0 Å². The van der Waals surface area contributed by atoms with Crippen LogP contribution in [0.1, 0.15) is 17.7 Å². The Hall–Kier alpha value is -0.990. The summed E-state index contributed by atoms with van der Waals surface area (Å²) in [7, 11) is 1.97. The van der Waals surface area contributed by atoms with Crippen LogP contribution < -0.4 is 0 Å². The summed E-state index contributed by atoms with van der Waals surface area (Å²) >= 11 is 3.36. The zero-order valence-electron chi connectivity index (χ0n) is 10.9. The highest BCUT2D eigenvalue weighted by Crippen LogP contribution is 2.32. The first-order chi connectivity index (χ1) is 9.35. The van der Waals surface area contributed by atoms with E-state index in [9.17, 15) is 0 Å². The van der Waals surface area contributed by atoms with Crippen LogP contribution in [0.15, 0.2) is 16.7 Å². The number of fused-ring (bicyclic) bond motifs is 3. The summed E-state index contributed by atoms with van der Waals surface area (Å²) in [5, 5.41) is 27.8. The molecule has 3 rings (SSSR count). The van der Waals surface area contributed by atoms with Gasteiger partial charge in [-0.2, -0.15) is 0 Å². The number of aliphatic hydroxyl groups is 3. The van der Waals surface area contributed by atoms with Crippen LogP contribution in [-0.4, -0.2) is 37.1 Å². The average molecular weight is 343 g/mol. The molecule has 0 radical (unpaired) electrons. The lowest BCUT2D eigenvalue weighted by atomic mass is 9.93. The zero-order valence-corrected chi connectivity index (χ0v) is 12.5. The van der Waals surface area contributed by atoms with Gasteiger partial charge < -0.3 is 24.6 Å². The van der Waals surface area contributed by atoms with Crippen LogP contribution in [-0.2, 0) is 24.6 Å². The maximum Gasteiger partial charge on any atom is 0.405 e. The molecule has 1 aliphatic carbocycles. The number of pyridine rings is 1. The van der Waals surface area contributed by atoms with Gasteiger partial charge in [-0.1, -0.05) is 0 Å². The smallest absolute Gasteiger partial charge is 0.332 e. The first kappa shape index (κ1) is 14.0. The molecule has 1 atom stereocenters. The Morgan fingerprint density at radius 2 is 2.15 bits per heavy atom. The third-order valence-electron chi connectivity index (χ3n) is 3.70. The van der Waals surface area contributed by atoms with Gasteiger partial charge in [0.25, 0.3) is 0 Å². The molecule has 2 aromatic rings. The molecule has 0 fully saturated rings. The van der Waals surface area contributed by atoms with Gasteiger partial charge in [0.1, 0.15) is 10.3 Å². The Labute approximate surface area is 123 Å². The normalized spacial score (nSPS) is 19.4. The van der Waals surface area contributed by atoms with Crippen molar-refractivity contribution >= 4 is 27.0 Å². The fraction of sp³-hybridized carbons (Fsp3) is 0.462. The van der Waals surface area contributed by atoms with Gasteiger partial charge in [-0.15, -0.1) is 0 Å². The van der Waals surface area contributed by atoms with Crippen molar-refractivity contribution < 1.29 is 20.1 Å². The number of hydrogen-bond acceptors (Lipinski definition) is 5. The lowest BCUT2D eigenvalue weighted by Gasteiger charge is -2.27. The van der Waals surface area contributed by atoms with Crippen molar-refractivity contribution in [1.82, 2.24) is 9.55 Å². The fourth-order valence-corrected chi connectivity index (χ4v) is 3.20. The van der Waals surface area contributed by atoms with Crippen molar-refractivity contribution in [2.45, 2.75) is 31.5 Å². The van der Waals surface area contributed by atoms with Crippen molar-refractivity contribution in [2.75, 3.05) is 0 Å². The van der Waals surface area contributed by atoms with E-state index in [2.05, 4.69) is 25.5 Å². The van der Waals surface area contributed by atoms with E-state index >= 15 is 0 Å². The lowest BCUT2D eigenvalue weighted by molar-refractivity contribution is -0.466. The summed E-state index contributed by atoms with van der Waals surface area (Å²) in [6.45, 7) is 0. The summed E-state index contributed by atoms with van der Waals surface area (Å²) in [5.41, 5.74) is 3.14. The second kappa shape index (κ2) is 4.78. The molecule has 20 heavy (non-hydrogen) atoms. The molecule has 0 aromatic carbocycles. The molecular weight excluding hydrogens is 328 g/mol. The summed E-state index contributed by atoms with van der Waals surface area (Å²) < 4.78 is 7.67. The first-order valence-electron chi connectivity index (χ1n) is 6.33. The van der Waals surface area contributed by atoms with Gasteiger partial charge in [0.15, 0.2) is 0 Å². The number of ether oxygens (including phenoxy) is 1. The Morgan fingerprint density at radius 3 is 2.85 bits per heavy atom. The van der Waals surface area contributed by atoms with Crippen LogP contribution in [0.25, 0.3) is 11.0 Å². The summed E-state index contributed by atoms with van der Waals surface area (Å²) in [6.07, 6.45) is -1.65. The molecule has 6 nitrogen and oxygen atoms in total. The van der Waals surface area contributed by atoms with Crippen LogP contribution in [0.5, 0.6) is 0 Å². The van der Waals surface area contributed by atoms with E-state index in [0.717, 1.165) is 27.6 Å². The van der Waals surface area contributed by atoms with Crippen molar-refractivity contribution in [3.63, 3.8) is 0 Å². The van der Waals surface area contributed by atoms with Crippen molar-refractivity contribution in [2.24, 2.45) is 7.05 Å². The van der Waals surface area contributed by atoms with E-state index in [-0.39, 0.29) is 0 Å². The van der Waals surface area contributed by atoms with Gasteiger partial charge in [-0.05, 0) is 46.5 Å². The fourth-order valence-electron chi connectivity index (χ4n) is 2.90. The van der Waals surface area contributed by atoms with E-state index < -0.39 is 12.3 Å². The third-order valence-corrected chi connectivity index (χ3v) is 4.14. The molecule has 2 heterocycles. The van der Waals surface area contributed by atoms with Crippen molar-refractivity contribution in [3.05, 3.63) is 28.0 Å². The number of aryl methyl sites for hydroxylation is 1. The SMILES string of the molecule is Cn1c2c(c3ccc(Br)nc31)CC(OC(O)(O)O)CC2. The van der Waals surface area contributed by atoms with Gasteiger partial charge in [0, 0.05) is 24.5 Å². The second-order valence-electron chi connectivity index (χ2n) is 5.05. The number of halogens is 1. The predicted octanol–water partition coefficient (Wildman–Crippen LogP) is 0.798. The van der Waals surface area contributed by atoms with E-state index in [1.54, 1.807) is 0 Å². The van der Waals surface area contributed by atoms with Crippen molar-refractivity contribution in [3.8, 4) is 0 Å². The highest BCUT2D eigenvalue weighted by Gasteiger charge is 2.31. The molecule has 0 saturated carbocycles. The lowest BCUT2D eigenvalue weighted by Crippen LogP contribution is -2.38. The van der Waals surface area contributed by atoms with Gasteiger partial charge in [0.05, 0.1) is 6.10 Å². The molecule has 1 aliphatic rings. The molecule has 7 heteroatoms. The highest BCUT2D eigenvalue weighted by molar-refractivity contribution is 9.10. The Bertz CT molecular complexity index is 662. The molecule has 2 aromatic heterocycles. The predicted molar refractivity (Wildman–Crippen MR) is 74.7 cm³/mol. The maximum atomic E-state index is 8.94. The average Bonchev–Trinajstić information content (AvgIpc) is 2.61. The van der Waals surface area contributed by atoms with E-state index in [4.69, 9.17) is 20.1 Å². The van der Waals surface area contributed by atoms with Crippen LogP contribution in [0.3, 0.4) is 0 Å². The van der Waals surface area contributed by atoms with Gasteiger partial charge in [-0.25, -0.2) is 4.98 Å². The zero-order chi connectivity index (χ0) is 14.5. The topological polar surface area (TPSA) is 87.7 Å². The first-order valence-corrected chi connectivity index (χ1v) is 7.12. The van der Waals surface area contributed by atoms with Crippen LogP contribution in [0.2, 0.25) is 0 Å². The van der Waals surface area contributed by atoms with Gasteiger partial charge in [-0.3, -0.25) is 0 Å². The van der Waals surface area contributed by atoms with Gasteiger partial charge in [0.2, 0.25) is 0 Å². The third kappa shape index (κ3) is 2.47. The summed E-state index contributed by atoms with van der Waals surface area (Å²) in [5.74, 6) is 0. The number of nitrogens with zero attached hydrogens (tertiary/aromatic N) is 2. The summed E-state index contributed by atoms with van der Waals surface area (Å²) in [4.78, 5) is 4.47. The highest BCUT2D eigenvalue weighted by atomic mass is 79.9. The molecule has 0 spiro atoms. The second-order valence-corrected chi connectivity index (χ2v) is 5.86. The minimum absolute atomic E-state index is 0.434. The van der Waals surface area contributed by atoms with E-state index in [1.807, 2.05) is 19.2 Å². The number of hydrogen-bond donors (Lipinski definition) is 3. The molecule has 0 amide bonds. The Balaban J connectivity index is 2.01. The van der Waals surface area contributed by atoms with Crippen LogP contribution >= 0.6 is 15.9 Å². The van der Waals surface area contributed by atoms with Crippen molar-refractivity contribution in [1.29, 1.82) is 0 Å². The molecular formula is C13H15BrN2O4. The quantitative estimate of drug-likeness (QED) is 0.555. The Kier molecular flexibility index (Phi) is 3.34. The maximum absolute atomic E-state index is 8.94. The molecule has 3 N–H and O–H groups in total. The minimum atomic E-state index is -3.08. The van der Waals surface area contributed by atoms with Gasteiger partial charge >= 0.3 is 6.16 Å². The molecule has 0 aliphatic heterocycles. The minimum Gasteiger partial charge on any atom is -0.332 e.